The molecule has 4 aromatic rings. The van der Waals surface area contributed by atoms with Crippen molar-refractivity contribution in [3.05, 3.63) is 131 Å². The van der Waals surface area contributed by atoms with Crippen molar-refractivity contribution in [1.82, 2.24) is 10.2 Å². The third-order valence-electron chi connectivity index (χ3n) is 11.4. The third-order valence-corrected chi connectivity index (χ3v) is 11.4. The Balaban J connectivity index is 1.56. The number of methoxy groups -OCH3 is 1. The topological polar surface area (TPSA) is 198 Å². The van der Waals surface area contributed by atoms with E-state index in [-0.39, 0.29) is 37.5 Å². The van der Waals surface area contributed by atoms with Gasteiger partial charge in [0.1, 0.15) is 36.0 Å². The molecule has 0 saturated carbocycles. The number of benzene rings is 4. The molecule has 2 fully saturated rings. The summed E-state index contributed by atoms with van der Waals surface area (Å²) in [6.45, 7) is 2.88. The molecule has 60 heavy (non-hydrogen) atoms. The van der Waals surface area contributed by atoms with Crippen molar-refractivity contribution in [1.29, 1.82) is 0 Å². The quantitative estimate of drug-likeness (QED) is 0.127. The number of anilines is 1. The molecule has 0 radical (unpaired) electrons. The van der Waals surface area contributed by atoms with E-state index < -0.39 is 77.3 Å². The maximum Gasteiger partial charge on any atom is 0.329 e. The highest BCUT2D eigenvalue weighted by molar-refractivity contribution is 6.25. The van der Waals surface area contributed by atoms with Gasteiger partial charge >= 0.3 is 18.0 Å². The number of cyclic esters (lactones) is 1. The summed E-state index contributed by atoms with van der Waals surface area (Å²) in [6.07, 6.45) is -0.802. The zero-order valence-electron chi connectivity index (χ0n) is 33.3. The Morgan fingerprint density at radius 1 is 0.883 bits per heavy atom. The van der Waals surface area contributed by atoms with Crippen molar-refractivity contribution < 1.29 is 48.4 Å². The van der Waals surface area contributed by atoms with Crippen molar-refractivity contribution in [3.63, 3.8) is 0 Å². The minimum Gasteiger partial charge on any atom is -0.491 e. The lowest BCUT2D eigenvalue weighted by molar-refractivity contribution is -0.178. The number of rotatable bonds is 11. The lowest BCUT2D eigenvalue weighted by Crippen LogP contribution is -2.57. The number of primary amides is 1. The summed E-state index contributed by atoms with van der Waals surface area (Å²) in [6, 6.07) is 24.2. The lowest BCUT2D eigenvalue weighted by Gasteiger charge is -2.46. The van der Waals surface area contributed by atoms with Crippen LogP contribution in [0.4, 0.5) is 10.5 Å². The molecule has 7 unspecified atom stereocenters. The number of nitrogens with two attached hydrogens (primary N) is 1. The average molecular weight is 815 g/mol. The molecule has 1 spiro atoms. The minimum atomic E-state index is -2.12. The number of amides is 4. The van der Waals surface area contributed by atoms with Gasteiger partial charge in [-0.15, -0.1) is 0 Å². The molecule has 3 heterocycles. The summed E-state index contributed by atoms with van der Waals surface area (Å²) in [5.41, 5.74) is 6.73. The summed E-state index contributed by atoms with van der Waals surface area (Å²) in [4.78, 5) is 75.6. The van der Waals surface area contributed by atoms with Gasteiger partial charge in [-0.05, 0) is 58.5 Å². The van der Waals surface area contributed by atoms with Crippen LogP contribution in [0.5, 0.6) is 5.75 Å². The minimum absolute atomic E-state index is 0.0483. The van der Waals surface area contributed by atoms with Crippen LogP contribution in [0.15, 0.2) is 103 Å². The van der Waals surface area contributed by atoms with Gasteiger partial charge < -0.3 is 35.5 Å². The number of hydrogen-bond donors (Lipinski definition) is 4. The van der Waals surface area contributed by atoms with Crippen molar-refractivity contribution in [3.8, 4) is 17.6 Å². The molecule has 4 aromatic carbocycles. The number of ether oxygens (including phenoxy) is 3. The fourth-order valence-electron chi connectivity index (χ4n) is 9.00. The number of hydrogen-bond acceptors (Lipinski definition) is 11. The van der Waals surface area contributed by atoms with Crippen molar-refractivity contribution in [2.24, 2.45) is 17.6 Å². The zero-order valence-corrected chi connectivity index (χ0v) is 33.3. The van der Waals surface area contributed by atoms with Gasteiger partial charge in [0.25, 0.3) is 0 Å². The maximum absolute atomic E-state index is 16.0. The fraction of sp³-hybridized carbons (Fsp3) is 0.326. The van der Waals surface area contributed by atoms with Crippen LogP contribution >= 0.6 is 0 Å². The smallest absolute Gasteiger partial charge is 0.329 e. The Bertz CT molecular complexity index is 2340. The highest BCUT2D eigenvalue weighted by Crippen LogP contribution is 2.65. The van der Waals surface area contributed by atoms with Crippen LogP contribution in [0.3, 0.4) is 0 Å². The SMILES string of the molecule is COC(=O)C(NC(=O)N1C(=O)C2(c3cc(C#CCCO)ccc31)C(C(N)=O)C1C(=O)OC(c3ccccc3)C(c3ccccc3)N1C2c1cccc(OCCO)c1)C(C)C. The molecule has 3 aliphatic heterocycles. The number of carbonyl (C=O) groups excluding carboxylic acids is 5. The van der Waals surface area contributed by atoms with Gasteiger partial charge in [0.05, 0.1) is 44.0 Å². The van der Waals surface area contributed by atoms with E-state index in [4.69, 9.17) is 19.9 Å². The van der Waals surface area contributed by atoms with Gasteiger partial charge in [-0.3, -0.25) is 19.3 Å². The van der Waals surface area contributed by atoms with Gasteiger partial charge in [0, 0.05) is 12.0 Å². The van der Waals surface area contributed by atoms with Crippen LogP contribution in [0.25, 0.3) is 0 Å². The molecule has 310 valence electrons. The largest absolute Gasteiger partial charge is 0.491 e. The second-order valence-corrected chi connectivity index (χ2v) is 15.2. The van der Waals surface area contributed by atoms with Gasteiger partial charge in [0.15, 0.2) is 0 Å². The molecule has 0 aromatic heterocycles. The molecular weight excluding hydrogens is 769 g/mol. The number of urea groups is 1. The number of aliphatic hydroxyl groups is 2. The molecule has 5 N–H and O–H groups in total. The summed E-state index contributed by atoms with van der Waals surface area (Å²) in [5.74, 6) is 0.692. The number of aliphatic hydroxyl groups excluding tert-OH is 2. The number of imide groups is 1. The monoisotopic (exact) mass is 814 g/mol. The number of nitrogens with zero attached hydrogens (tertiary/aromatic N) is 2. The number of esters is 2. The van der Waals surface area contributed by atoms with Crippen LogP contribution in [-0.4, -0.2) is 83.9 Å². The van der Waals surface area contributed by atoms with E-state index in [0.717, 1.165) is 4.90 Å². The van der Waals surface area contributed by atoms with E-state index in [9.17, 15) is 29.4 Å². The zero-order chi connectivity index (χ0) is 42.7. The summed E-state index contributed by atoms with van der Waals surface area (Å²) < 4.78 is 17.2. The molecular formula is C46H46N4O10. The summed E-state index contributed by atoms with van der Waals surface area (Å²) in [5, 5.41) is 21.8. The Kier molecular flexibility index (Phi) is 12.0. The van der Waals surface area contributed by atoms with Gasteiger partial charge in [-0.1, -0.05) is 98.5 Å². The van der Waals surface area contributed by atoms with E-state index >= 15 is 4.79 Å². The number of nitrogens with one attached hydrogen (secondary N) is 1. The lowest BCUT2D eigenvalue weighted by atomic mass is 9.65. The van der Waals surface area contributed by atoms with Crippen LogP contribution in [0.2, 0.25) is 0 Å². The highest BCUT2D eigenvalue weighted by atomic mass is 16.6. The summed E-state index contributed by atoms with van der Waals surface area (Å²) >= 11 is 0. The van der Waals surface area contributed by atoms with Gasteiger partial charge in [-0.25, -0.2) is 14.5 Å². The second-order valence-electron chi connectivity index (χ2n) is 15.2. The third kappa shape index (κ3) is 7.14. The van der Waals surface area contributed by atoms with E-state index in [1.165, 1.54) is 13.2 Å². The van der Waals surface area contributed by atoms with Gasteiger partial charge in [0.2, 0.25) is 11.8 Å². The van der Waals surface area contributed by atoms with Crippen LogP contribution in [-0.2, 0) is 34.1 Å². The molecule has 0 bridgehead atoms. The average Bonchev–Trinajstić information content (AvgIpc) is 3.71. The molecule has 3 aliphatic rings. The Labute approximate surface area is 347 Å². The first-order valence-corrected chi connectivity index (χ1v) is 19.7. The second kappa shape index (κ2) is 17.4. The summed E-state index contributed by atoms with van der Waals surface area (Å²) in [7, 11) is 1.19. The van der Waals surface area contributed by atoms with Crippen molar-refractivity contribution in [2.75, 3.05) is 31.8 Å². The Hall–Kier alpha value is -6.53. The predicted molar refractivity (Wildman–Crippen MR) is 218 cm³/mol. The van der Waals surface area contributed by atoms with Crippen LogP contribution in [0, 0.1) is 23.7 Å². The highest BCUT2D eigenvalue weighted by Gasteiger charge is 2.75. The maximum atomic E-state index is 16.0. The van der Waals surface area contributed by atoms with Gasteiger partial charge in [-0.2, -0.15) is 0 Å². The first-order valence-electron chi connectivity index (χ1n) is 19.7. The molecule has 7 rings (SSSR count). The predicted octanol–water partition coefficient (Wildman–Crippen LogP) is 3.85. The first kappa shape index (κ1) is 41.6. The Morgan fingerprint density at radius 3 is 2.20 bits per heavy atom. The number of fused-ring (bicyclic) bond motifs is 3. The van der Waals surface area contributed by atoms with E-state index in [1.54, 1.807) is 50.2 Å². The van der Waals surface area contributed by atoms with Crippen molar-refractivity contribution >= 4 is 35.5 Å². The first-order chi connectivity index (χ1) is 29.0. The van der Waals surface area contributed by atoms with Crippen LogP contribution in [0.1, 0.15) is 66.3 Å². The fourth-order valence-corrected chi connectivity index (χ4v) is 9.00. The van der Waals surface area contributed by atoms with Crippen LogP contribution < -0.4 is 20.7 Å². The van der Waals surface area contributed by atoms with E-state index in [2.05, 4.69) is 17.2 Å². The molecule has 0 aliphatic carbocycles. The standard InChI is InChI=1S/C46H46N4O10/c1-27(2)36(42(54)58-3)48-45(57)49-34-21-20-28(13-10-11-22-51)25-33(34)46(44(49)56)35(41(47)53)38-43(55)60-39(30-16-8-5-9-17-30)37(29-14-6-4-7-15-29)50(38)40(46)31-18-12-19-32(26-31)59-24-23-52/h4-9,12,14-21,25-27,35-40,51-52H,11,22-24H2,1-3H3,(H2,47,53)(H,48,57). The van der Waals surface area contributed by atoms with E-state index in [1.807, 2.05) is 65.6 Å². The number of carbonyl (C=O) groups is 5. The molecule has 7 atom stereocenters. The molecule has 4 amide bonds. The molecule has 14 nitrogen and oxygen atoms in total. The normalized spacial score (nSPS) is 23.6. The molecule has 2 saturated heterocycles. The van der Waals surface area contributed by atoms with E-state index in [0.29, 0.717) is 28.0 Å². The Morgan fingerprint density at radius 2 is 1.57 bits per heavy atom. The van der Waals surface area contributed by atoms with Crippen molar-refractivity contribution in [2.45, 2.75) is 56.0 Å². The molecule has 14 heteroatoms. The number of morpholine rings is 1.